The predicted octanol–water partition coefficient (Wildman–Crippen LogP) is 4.44. The summed E-state index contributed by atoms with van der Waals surface area (Å²) < 4.78 is 36.1. The second-order valence-electron chi connectivity index (χ2n) is 4.21. The third kappa shape index (κ3) is 2.58. The Kier molecular flexibility index (Phi) is 3.56. The summed E-state index contributed by atoms with van der Waals surface area (Å²) in [6.45, 7) is 0. The summed E-state index contributed by atoms with van der Waals surface area (Å²) in [5.41, 5.74) is -0.476. The van der Waals surface area contributed by atoms with Gasteiger partial charge in [0, 0.05) is 10.4 Å². The van der Waals surface area contributed by atoms with E-state index in [0.717, 1.165) is 6.07 Å². The van der Waals surface area contributed by atoms with Crippen molar-refractivity contribution in [3.05, 3.63) is 33.8 Å². The van der Waals surface area contributed by atoms with E-state index >= 15 is 0 Å². The van der Waals surface area contributed by atoms with Crippen molar-refractivity contribution in [1.29, 1.82) is 0 Å². The Balaban J connectivity index is 2.35. The van der Waals surface area contributed by atoms with Crippen molar-refractivity contribution in [2.75, 3.05) is 0 Å². The molecular weight excluding hydrogens is 372 g/mol. The van der Waals surface area contributed by atoms with E-state index in [1.807, 2.05) is 0 Å². The second kappa shape index (κ2) is 4.53. The van der Waals surface area contributed by atoms with Crippen LogP contribution in [0.15, 0.2) is 22.7 Å². The lowest BCUT2D eigenvalue weighted by molar-refractivity contribution is -0.139. The Morgan fingerprint density at radius 2 is 1.95 bits per heavy atom. The highest BCUT2D eigenvalue weighted by Crippen LogP contribution is 2.65. The molecule has 0 amide bonds. The van der Waals surface area contributed by atoms with Gasteiger partial charge in [-0.25, -0.2) is 0 Å². The Hall–Kier alpha value is -0.460. The highest BCUT2D eigenvalue weighted by atomic mass is 79.9. The number of alkyl halides is 5. The molecule has 0 saturated heterocycles. The van der Waals surface area contributed by atoms with Crippen LogP contribution in [0.5, 0.6) is 0 Å². The molecule has 0 aromatic heterocycles. The van der Waals surface area contributed by atoms with Crippen molar-refractivity contribution in [3.8, 4) is 0 Å². The Morgan fingerprint density at radius 3 is 2.32 bits per heavy atom. The molecule has 2 atom stereocenters. The van der Waals surface area contributed by atoms with Crippen LogP contribution >= 0.6 is 39.1 Å². The zero-order valence-corrected chi connectivity index (χ0v) is 12.1. The second-order valence-corrected chi connectivity index (χ2v) is 6.50. The van der Waals surface area contributed by atoms with Crippen LogP contribution in [0, 0.1) is 5.92 Å². The fourth-order valence-electron chi connectivity index (χ4n) is 2.00. The van der Waals surface area contributed by atoms with Gasteiger partial charge in [-0.15, -0.1) is 0 Å². The molecule has 1 fully saturated rings. The van der Waals surface area contributed by atoms with Crippen LogP contribution in [0.25, 0.3) is 0 Å². The highest BCUT2D eigenvalue weighted by Gasteiger charge is 2.68. The number of benzene rings is 1. The van der Waals surface area contributed by atoms with Crippen LogP contribution in [-0.2, 0) is 11.0 Å². The molecule has 0 heterocycles. The molecular formula is C11H6BrCl2F3O2. The quantitative estimate of drug-likeness (QED) is 0.773. The maximum absolute atomic E-state index is 12.6. The number of halogens is 6. The molecule has 104 valence electrons. The van der Waals surface area contributed by atoms with Crippen molar-refractivity contribution in [3.63, 3.8) is 0 Å². The van der Waals surface area contributed by atoms with Gasteiger partial charge in [-0.2, -0.15) is 13.2 Å². The smallest absolute Gasteiger partial charge is 0.417 e. The molecule has 0 bridgehead atoms. The monoisotopic (exact) mass is 376 g/mol. The van der Waals surface area contributed by atoms with Crippen LogP contribution in [0.1, 0.15) is 17.0 Å². The van der Waals surface area contributed by atoms with Gasteiger partial charge >= 0.3 is 12.1 Å². The zero-order chi connectivity index (χ0) is 14.6. The molecule has 1 aliphatic rings. The molecule has 1 aromatic rings. The van der Waals surface area contributed by atoms with E-state index in [2.05, 4.69) is 15.9 Å². The number of hydrogen-bond acceptors (Lipinski definition) is 1. The normalized spacial score (nSPS) is 25.2. The summed E-state index contributed by atoms with van der Waals surface area (Å²) in [6.07, 6.45) is -4.48. The van der Waals surface area contributed by atoms with Gasteiger partial charge in [0.2, 0.25) is 0 Å². The number of carbonyl (C=O) groups is 1. The highest BCUT2D eigenvalue weighted by molar-refractivity contribution is 9.10. The molecule has 1 aliphatic carbocycles. The van der Waals surface area contributed by atoms with Crippen molar-refractivity contribution < 1.29 is 23.1 Å². The number of rotatable bonds is 2. The molecule has 19 heavy (non-hydrogen) atoms. The fraction of sp³-hybridized carbons (Fsp3) is 0.364. The van der Waals surface area contributed by atoms with E-state index < -0.39 is 33.9 Å². The summed E-state index contributed by atoms with van der Waals surface area (Å²) in [5.74, 6) is -2.91. The van der Waals surface area contributed by atoms with Gasteiger partial charge < -0.3 is 5.11 Å². The van der Waals surface area contributed by atoms with Crippen molar-refractivity contribution >= 4 is 45.1 Å². The summed E-state index contributed by atoms with van der Waals surface area (Å²) in [4.78, 5) is 10.9. The van der Waals surface area contributed by atoms with E-state index in [-0.39, 0.29) is 4.47 Å². The van der Waals surface area contributed by atoms with Crippen molar-refractivity contribution in [2.24, 2.45) is 5.92 Å². The van der Waals surface area contributed by atoms with Gasteiger partial charge in [0.15, 0.2) is 0 Å². The van der Waals surface area contributed by atoms with Gasteiger partial charge in [-0.05, 0) is 17.7 Å². The number of carboxylic acid groups (broad SMARTS) is 1. The zero-order valence-electron chi connectivity index (χ0n) is 9.01. The molecule has 0 spiro atoms. The molecule has 0 radical (unpaired) electrons. The largest absolute Gasteiger partial charge is 0.481 e. The summed E-state index contributed by atoms with van der Waals surface area (Å²) >= 11 is 14.5. The van der Waals surface area contributed by atoms with Gasteiger partial charge in [0.25, 0.3) is 0 Å². The fourth-order valence-corrected chi connectivity index (χ4v) is 3.44. The molecule has 1 saturated carbocycles. The lowest BCUT2D eigenvalue weighted by Gasteiger charge is -2.10. The van der Waals surface area contributed by atoms with Crippen molar-refractivity contribution in [1.82, 2.24) is 0 Å². The SMILES string of the molecule is O=C(O)[C@@H]1[C@@H](c2ccc(C(F)(F)F)c(Br)c2)C1(Cl)Cl. The van der Waals surface area contributed by atoms with Crippen LogP contribution in [0.2, 0.25) is 0 Å². The predicted molar refractivity (Wildman–Crippen MR) is 67.4 cm³/mol. The standard InChI is InChI=1S/C11H6BrCl2F3O2/c12-6-3-4(1-2-5(6)11(15,16)17)7-8(9(18)19)10(7,13)14/h1-3,7-8H,(H,18,19)/t7-,8+/m1/s1. The molecule has 1 N–H and O–H groups in total. The number of aliphatic carboxylic acids is 1. The van der Waals surface area contributed by atoms with E-state index in [1.54, 1.807) is 0 Å². The first-order valence-electron chi connectivity index (χ1n) is 5.04. The van der Waals surface area contributed by atoms with Crippen LogP contribution in [0.4, 0.5) is 13.2 Å². The first-order chi connectivity index (χ1) is 8.56. The van der Waals surface area contributed by atoms with E-state index in [4.69, 9.17) is 28.3 Å². The minimum atomic E-state index is -4.48. The van der Waals surface area contributed by atoms with E-state index in [1.165, 1.54) is 12.1 Å². The summed E-state index contributed by atoms with van der Waals surface area (Å²) in [5, 5.41) is 8.91. The van der Waals surface area contributed by atoms with Crippen LogP contribution in [0.3, 0.4) is 0 Å². The van der Waals surface area contributed by atoms with Gasteiger partial charge in [-0.3, -0.25) is 4.79 Å². The number of carboxylic acids is 1. The van der Waals surface area contributed by atoms with E-state index in [9.17, 15) is 18.0 Å². The molecule has 1 aromatic carbocycles. The first kappa shape index (κ1) is 14.9. The number of hydrogen-bond donors (Lipinski definition) is 1. The summed E-state index contributed by atoms with van der Waals surface area (Å²) in [6, 6.07) is 3.27. The topological polar surface area (TPSA) is 37.3 Å². The molecule has 0 aliphatic heterocycles. The first-order valence-corrected chi connectivity index (χ1v) is 6.59. The third-order valence-corrected chi connectivity index (χ3v) is 4.57. The van der Waals surface area contributed by atoms with Gasteiger partial charge in [0.05, 0.1) is 11.5 Å². The van der Waals surface area contributed by atoms with Gasteiger partial charge in [0.1, 0.15) is 4.33 Å². The lowest BCUT2D eigenvalue weighted by Crippen LogP contribution is -2.06. The average molecular weight is 378 g/mol. The minimum Gasteiger partial charge on any atom is -0.481 e. The minimum absolute atomic E-state index is 0.169. The Labute approximate surface area is 124 Å². The average Bonchev–Trinajstić information content (AvgIpc) is 2.79. The molecule has 2 nitrogen and oxygen atoms in total. The lowest BCUT2D eigenvalue weighted by atomic mass is 10.1. The third-order valence-electron chi connectivity index (χ3n) is 2.98. The summed E-state index contributed by atoms with van der Waals surface area (Å²) in [7, 11) is 0. The van der Waals surface area contributed by atoms with Crippen LogP contribution in [-0.4, -0.2) is 15.4 Å². The maximum atomic E-state index is 12.6. The maximum Gasteiger partial charge on any atom is 0.417 e. The van der Waals surface area contributed by atoms with E-state index in [0.29, 0.717) is 5.56 Å². The Bertz CT molecular complexity index is 545. The molecule has 8 heteroatoms. The van der Waals surface area contributed by atoms with Gasteiger partial charge in [-0.1, -0.05) is 45.2 Å². The van der Waals surface area contributed by atoms with Crippen LogP contribution < -0.4 is 0 Å². The molecule has 2 rings (SSSR count). The Morgan fingerprint density at radius 1 is 1.37 bits per heavy atom. The van der Waals surface area contributed by atoms with Crippen molar-refractivity contribution in [2.45, 2.75) is 16.4 Å². The molecule has 0 unspecified atom stereocenters.